The van der Waals surface area contributed by atoms with E-state index in [2.05, 4.69) is 73.0 Å². The standard InChI is InChI=1S/C30H41N3O/c1-9-27-23(6)33(24(7)28(10-2)30(34)31(8)21(3)4)20-29(27)26-15-17-32(18-16-26)19-25-13-11-22(5)12-14-25/h9-14,20-21,26H,2,6,15-19H2,1,3-5,7-8H3/b27-9+,28-24-. The molecule has 0 bridgehead atoms. The highest BCUT2D eigenvalue weighted by atomic mass is 16.2. The van der Waals surface area contributed by atoms with Crippen molar-refractivity contribution in [3.63, 3.8) is 0 Å². The number of hydrogen-bond donors (Lipinski definition) is 0. The van der Waals surface area contributed by atoms with Gasteiger partial charge in [-0.25, -0.2) is 0 Å². The summed E-state index contributed by atoms with van der Waals surface area (Å²) in [4.78, 5) is 17.4. The Hall–Kier alpha value is -2.85. The van der Waals surface area contributed by atoms with E-state index in [1.54, 1.807) is 11.0 Å². The lowest BCUT2D eigenvalue weighted by atomic mass is 9.90. The van der Waals surface area contributed by atoms with Crippen LogP contribution in [-0.2, 0) is 11.3 Å². The summed E-state index contributed by atoms with van der Waals surface area (Å²) in [6.07, 6.45) is 8.30. The summed E-state index contributed by atoms with van der Waals surface area (Å²) in [5, 5.41) is 2.14. The van der Waals surface area contributed by atoms with Gasteiger partial charge in [0.1, 0.15) is 0 Å². The average molecular weight is 460 g/mol. The molecule has 0 radical (unpaired) electrons. The second-order valence-electron chi connectivity index (χ2n) is 9.85. The fourth-order valence-electron chi connectivity index (χ4n) is 4.84. The van der Waals surface area contributed by atoms with E-state index in [0.717, 1.165) is 43.5 Å². The molecule has 0 spiro atoms. The van der Waals surface area contributed by atoms with Gasteiger partial charge in [-0.15, -0.1) is 0 Å². The second kappa shape index (κ2) is 11.1. The van der Waals surface area contributed by atoms with Crippen LogP contribution in [0.2, 0.25) is 0 Å². The van der Waals surface area contributed by atoms with Crippen LogP contribution in [0.25, 0.3) is 18.4 Å². The number of carbonyl (C=O) groups is 1. The first-order valence-electron chi connectivity index (χ1n) is 12.4. The van der Waals surface area contributed by atoms with Crippen molar-refractivity contribution in [2.24, 2.45) is 0 Å². The van der Waals surface area contributed by atoms with Gasteiger partial charge < -0.3 is 9.47 Å². The first kappa shape index (κ1) is 25.8. The van der Waals surface area contributed by atoms with Crippen LogP contribution < -0.4 is 10.6 Å². The smallest absolute Gasteiger partial charge is 0.255 e. The maximum atomic E-state index is 13.1. The molecule has 0 aliphatic carbocycles. The van der Waals surface area contributed by atoms with E-state index >= 15 is 0 Å². The molecule has 3 rings (SSSR count). The van der Waals surface area contributed by atoms with Crippen molar-refractivity contribution in [1.82, 2.24) is 14.4 Å². The lowest BCUT2D eigenvalue weighted by molar-refractivity contribution is -0.126. The van der Waals surface area contributed by atoms with E-state index in [0.29, 0.717) is 11.5 Å². The SMILES string of the molecule is C=C/C(C(=O)N(C)C(C)C)=C(\C)n1cc(C2CCN(Cc3ccc(C)cc3)CC2)/c(=C/C)c1=C. The van der Waals surface area contributed by atoms with E-state index in [9.17, 15) is 4.79 Å². The van der Waals surface area contributed by atoms with E-state index in [-0.39, 0.29) is 11.9 Å². The summed E-state index contributed by atoms with van der Waals surface area (Å²) < 4.78 is 2.09. The Bertz CT molecular complexity index is 1160. The molecule has 0 atom stereocenters. The van der Waals surface area contributed by atoms with E-state index in [4.69, 9.17) is 0 Å². The zero-order valence-corrected chi connectivity index (χ0v) is 21.9. The van der Waals surface area contributed by atoms with Crippen LogP contribution in [0.5, 0.6) is 0 Å². The third kappa shape index (κ3) is 5.44. The van der Waals surface area contributed by atoms with Gasteiger partial charge in [0.15, 0.2) is 0 Å². The quantitative estimate of drug-likeness (QED) is 0.445. The summed E-state index contributed by atoms with van der Waals surface area (Å²) in [5.41, 5.74) is 5.53. The van der Waals surface area contributed by atoms with Gasteiger partial charge in [0, 0.05) is 36.9 Å². The topological polar surface area (TPSA) is 28.5 Å². The van der Waals surface area contributed by atoms with Crippen molar-refractivity contribution >= 4 is 24.3 Å². The summed E-state index contributed by atoms with van der Waals surface area (Å²) in [7, 11) is 1.84. The molecule has 1 saturated heterocycles. The Morgan fingerprint density at radius 1 is 1.21 bits per heavy atom. The number of allylic oxidation sites excluding steroid dienone is 1. The molecule has 4 nitrogen and oxygen atoms in total. The zero-order valence-electron chi connectivity index (χ0n) is 21.9. The summed E-state index contributed by atoms with van der Waals surface area (Å²) in [5.74, 6) is 0.486. The first-order valence-corrected chi connectivity index (χ1v) is 12.4. The largest absolute Gasteiger partial charge is 0.339 e. The molecular formula is C30H41N3O. The maximum absolute atomic E-state index is 13.1. The number of carbonyl (C=O) groups excluding carboxylic acids is 1. The van der Waals surface area contributed by atoms with Crippen molar-refractivity contribution < 1.29 is 4.79 Å². The van der Waals surface area contributed by atoms with E-state index < -0.39 is 0 Å². The molecule has 34 heavy (non-hydrogen) atoms. The minimum absolute atomic E-state index is 0.0106. The molecule has 2 aromatic rings. The number of nitrogens with zero attached hydrogens (tertiary/aromatic N) is 3. The van der Waals surface area contributed by atoms with E-state index in [1.165, 1.54) is 21.9 Å². The predicted molar refractivity (Wildman–Crippen MR) is 145 cm³/mol. The Labute approximate surface area is 205 Å². The molecule has 0 unspecified atom stereocenters. The fraction of sp³-hybridized carbons (Fsp3) is 0.433. The summed E-state index contributed by atoms with van der Waals surface area (Å²) in [6.45, 7) is 21.7. The van der Waals surface area contributed by atoms with E-state index in [1.807, 2.05) is 27.8 Å². The number of rotatable bonds is 7. The Morgan fingerprint density at radius 3 is 2.35 bits per heavy atom. The predicted octanol–water partition coefficient (Wildman–Crippen LogP) is 4.67. The minimum atomic E-state index is -0.0106. The molecular weight excluding hydrogens is 418 g/mol. The van der Waals surface area contributed by atoms with Crippen LogP contribution >= 0.6 is 0 Å². The van der Waals surface area contributed by atoms with Crippen LogP contribution in [0.1, 0.15) is 63.1 Å². The lowest BCUT2D eigenvalue weighted by Crippen LogP contribution is -2.36. The third-order valence-electron chi connectivity index (χ3n) is 7.30. The number of amides is 1. The number of likely N-dealkylation sites (tertiary alicyclic amines) is 1. The zero-order chi connectivity index (χ0) is 25.0. The van der Waals surface area contributed by atoms with Gasteiger partial charge in [-0.1, -0.05) is 55.1 Å². The molecule has 1 aliphatic heterocycles. The lowest BCUT2D eigenvalue weighted by Gasteiger charge is -2.32. The molecule has 0 saturated carbocycles. The highest BCUT2D eigenvalue weighted by Gasteiger charge is 2.24. The number of aryl methyl sites for hydroxylation is 1. The molecule has 1 aromatic heterocycles. The van der Waals surface area contributed by atoms with Gasteiger partial charge in [-0.2, -0.15) is 0 Å². The Balaban J connectivity index is 1.83. The monoisotopic (exact) mass is 459 g/mol. The average Bonchev–Trinajstić information content (AvgIpc) is 3.16. The van der Waals surface area contributed by atoms with Crippen molar-refractivity contribution in [2.45, 2.75) is 66.0 Å². The van der Waals surface area contributed by atoms with Gasteiger partial charge in [0.05, 0.1) is 5.57 Å². The van der Waals surface area contributed by atoms with Crippen molar-refractivity contribution in [3.8, 4) is 0 Å². The molecule has 1 aromatic carbocycles. The van der Waals surface area contributed by atoms with Crippen LogP contribution in [0.15, 0.2) is 48.7 Å². The Morgan fingerprint density at radius 2 is 1.82 bits per heavy atom. The van der Waals surface area contributed by atoms with Gasteiger partial charge in [0.2, 0.25) is 0 Å². The third-order valence-corrected chi connectivity index (χ3v) is 7.30. The van der Waals surface area contributed by atoms with Crippen LogP contribution in [0.4, 0.5) is 0 Å². The van der Waals surface area contributed by atoms with Gasteiger partial charge in [-0.3, -0.25) is 9.69 Å². The first-order chi connectivity index (χ1) is 16.2. The maximum Gasteiger partial charge on any atom is 0.255 e. The molecule has 1 fully saturated rings. The van der Waals surface area contributed by atoms with Gasteiger partial charge in [0.25, 0.3) is 5.91 Å². The highest BCUT2D eigenvalue weighted by Crippen LogP contribution is 2.27. The van der Waals surface area contributed by atoms with Crippen LogP contribution in [-0.4, -0.2) is 46.5 Å². The normalized spacial score (nSPS) is 16.6. The number of benzene rings is 1. The van der Waals surface area contributed by atoms with Gasteiger partial charge in [-0.05, 0) is 82.8 Å². The molecule has 2 heterocycles. The number of hydrogen-bond acceptors (Lipinski definition) is 2. The molecule has 0 N–H and O–H groups in total. The van der Waals surface area contributed by atoms with Crippen LogP contribution in [0, 0.1) is 6.92 Å². The van der Waals surface area contributed by atoms with Crippen LogP contribution in [0.3, 0.4) is 0 Å². The minimum Gasteiger partial charge on any atom is -0.339 e. The molecule has 4 heteroatoms. The summed E-state index contributed by atoms with van der Waals surface area (Å²) >= 11 is 0. The molecule has 182 valence electrons. The Kier molecular flexibility index (Phi) is 8.37. The highest BCUT2D eigenvalue weighted by molar-refractivity contribution is 6.01. The number of likely N-dealkylation sites (N-methyl/N-ethyl adjacent to an activating group) is 1. The van der Waals surface area contributed by atoms with Crippen molar-refractivity contribution in [2.75, 3.05) is 20.1 Å². The number of piperidine rings is 1. The summed E-state index contributed by atoms with van der Waals surface area (Å²) in [6, 6.07) is 9.00. The van der Waals surface area contributed by atoms with Crippen molar-refractivity contribution in [3.05, 3.63) is 75.9 Å². The van der Waals surface area contributed by atoms with Gasteiger partial charge >= 0.3 is 0 Å². The molecule has 1 amide bonds. The molecule has 1 aliphatic rings. The number of aromatic nitrogens is 1. The van der Waals surface area contributed by atoms with Crippen molar-refractivity contribution in [1.29, 1.82) is 0 Å². The second-order valence-corrected chi connectivity index (χ2v) is 9.85. The fourth-order valence-corrected chi connectivity index (χ4v) is 4.84.